The average molecular weight is 111 g/mol. The van der Waals surface area contributed by atoms with Gasteiger partial charge in [0.1, 0.15) is 18.3 Å². The minimum absolute atomic E-state index is 0.114. The Labute approximate surface area is 48.5 Å². The summed E-state index contributed by atoms with van der Waals surface area (Å²) in [5.74, 6) is 4.09. The number of carboxylic acids is 1. The van der Waals surface area contributed by atoms with Crippen molar-refractivity contribution in [1.29, 1.82) is 0 Å². The molecule has 0 fully saturated rings. The molecule has 0 aliphatic carbocycles. The van der Waals surface area contributed by atoms with E-state index in [4.69, 9.17) is 5.11 Å². The maximum atomic E-state index is 9.79. The van der Waals surface area contributed by atoms with Gasteiger partial charge in [0.25, 0.3) is 0 Å². The molecule has 2 nitrogen and oxygen atoms in total. The zero-order valence-corrected chi connectivity index (χ0v) is 4.48. The molecule has 8 heavy (non-hydrogen) atoms. The van der Waals surface area contributed by atoms with Crippen LogP contribution in [0, 0.1) is 18.8 Å². The number of carboxylic acid groups (broad SMARTS) is 1. The Morgan fingerprint density at radius 2 is 2.38 bits per heavy atom. The highest BCUT2D eigenvalue weighted by atomic mass is 16.4. The van der Waals surface area contributed by atoms with Crippen LogP contribution in [-0.2, 0) is 4.79 Å². The maximum Gasteiger partial charge on any atom is 0.306 e. The van der Waals surface area contributed by atoms with Gasteiger partial charge in [0.2, 0.25) is 0 Å². The summed E-state index contributed by atoms with van der Waals surface area (Å²) in [7, 11) is 0. The van der Waals surface area contributed by atoms with Crippen LogP contribution in [0.4, 0.5) is 0 Å². The summed E-state index contributed by atoms with van der Waals surface area (Å²) in [5.41, 5.74) is 0. The maximum absolute atomic E-state index is 9.79. The van der Waals surface area contributed by atoms with Crippen molar-refractivity contribution in [2.45, 2.75) is 12.8 Å². The quantitative estimate of drug-likeness (QED) is 0.420. The van der Waals surface area contributed by atoms with Crippen molar-refractivity contribution in [2.75, 3.05) is 0 Å². The summed E-state index contributed by atoms with van der Waals surface area (Å²) in [6.07, 6.45) is 0.515. The first-order valence-corrected chi connectivity index (χ1v) is 2.24. The van der Waals surface area contributed by atoms with Gasteiger partial charge >= 0.3 is 5.97 Å². The third-order valence-corrected chi connectivity index (χ3v) is 0.589. The van der Waals surface area contributed by atoms with Crippen molar-refractivity contribution in [3.8, 4) is 11.8 Å². The van der Waals surface area contributed by atoms with Crippen LogP contribution >= 0.6 is 0 Å². The van der Waals surface area contributed by atoms with Crippen LogP contribution in [0.1, 0.15) is 12.8 Å². The number of rotatable bonds is 2. The van der Waals surface area contributed by atoms with E-state index < -0.39 is 5.97 Å². The molecule has 0 rings (SSSR count). The van der Waals surface area contributed by atoms with Gasteiger partial charge in [-0.2, -0.15) is 0 Å². The van der Waals surface area contributed by atoms with Crippen LogP contribution in [0.3, 0.4) is 0 Å². The Morgan fingerprint density at radius 3 is 2.75 bits per heavy atom. The summed E-state index contributed by atoms with van der Waals surface area (Å²) < 4.78 is 0. The highest BCUT2D eigenvalue weighted by Crippen LogP contribution is 1.83. The van der Waals surface area contributed by atoms with E-state index in [1.165, 1.54) is 0 Å². The number of carbonyl (C=O) groups is 1. The fourth-order valence-electron chi connectivity index (χ4n) is 0.258. The van der Waals surface area contributed by atoms with E-state index in [-0.39, 0.29) is 6.42 Å². The molecule has 0 radical (unpaired) electrons. The second-order valence-electron chi connectivity index (χ2n) is 1.25. The third-order valence-electron chi connectivity index (χ3n) is 0.589. The predicted molar refractivity (Wildman–Crippen MR) is 30.0 cm³/mol. The zero-order valence-electron chi connectivity index (χ0n) is 4.48. The van der Waals surface area contributed by atoms with E-state index in [9.17, 15) is 4.79 Å². The lowest BCUT2D eigenvalue weighted by atomic mass is 10.3. The molecule has 0 aliphatic heterocycles. The first kappa shape index (κ1) is 6.90. The van der Waals surface area contributed by atoms with Gasteiger partial charge in [-0.3, -0.25) is 4.79 Å². The monoisotopic (exact) mass is 111 g/mol. The summed E-state index contributed by atoms with van der Waals surface area (Å²) in [6.45, 7) is 3.23. The van der Waals surface area contributed by atoms with Gasteiger partial charge < -0.3 is 5.11 Å². The van der Waals surface area contributed by atoms with Gasteiger partial charge in [-0.15, -0.1) is 0 Å². The molecular weight excluding hydrogens is 104 g/mol. The molecular formula is C6H7O2+. The van der Waals surface area contributed by atoms with Crippen molar-refractivity contribution in [3.63, 3.8) is 0 Å². The van der Waals surface area contributed by atoms with E-state index in [2.05, 4.69) is 18.8 Å². The smallest absolute Gasteiger partial charge is 0.306 e. The molecule has 1 N–H and O–H groups in total. The minimum Gasteiger partial charge on any atom is -0.481 e. The van der Waals surface area contributed by atoms with E-state index in [1.807, 2.05) is 0 Å². The topological polar surface area (TPSA) is 37.3 Å². The van der Waals surface area contributed by atoms with Gasteiger partial charge in [-0.1, -0.05) is 0 Å². The van der Waals surface area contributed by atoms with Crippen LogP contribution in [-0.4, -0.2) is 11.1 Å². The molecule has 0 aromatic carbocycles. The van der Waals surface area contributed by atoms with Crippen LogP contribution in [0.25, 0.3) is 0 Å². The molecule has 0 aliphatic rings. The zero-order chi connectivity index (χ0) is 6.41. The Kier molecular flexibility index (Phi) is 3.51. The van der Waals surface area contributed by atoms with Crippen molar-refractivity contribution in [1.82, 2.24) is 0 Å². The lowest BCUT2D eigenvalue weighted by Crippen LogP contribution is -1.91. The standard InChI is InChI=1S/C6H6O2/c1-2-3-4-5-6(7)8/h1,4-5H2/p+1. The van der Waals surface area contributed by atoms with E-state index >= 15 is 0 Å². The molecule has 0 heterocycles. The van der Waals surface area contributed by atoms with E-state index in [1.54, 1.807) is 0 Å². The molecule has 0 spiro atoms. The Bertz CT molecular complexity index is 127. The Balaban J connectivity index is 3.14. The molecule has 2 heteroatoms. The molecule has 0 atom stereocenters. The Morgan fingerprint density at radius 1 is 1.75 bits per heavy atom. The van der Waals surface area contributed by atoms with E-state index in [0.29, 0.717) is 6.42 Å². The lowest BCUT2D eigenvalue weighted by molar-refractivity contribution is -0.136. The normalized spacial score (nSPS) is 7.00. The lowest BCUT2D eigenvalue weighted by Gasteiger charge is -1.76. The van der Waals surface area contributed by atoms with Crippen LogP contribution in [0.15, 0.2) is 0 Å². The SMILES string of the molecule is [CH2+]C#CCCC(=O)O. The average Bonchev–Trinajstić information content (AvgIpc) is 1.66. The minimum atomic E-state index is -0.812. The predicted octanol–water partition coefficient (Wildman–Crippen LogP) is 0.689. The highest BCUT2D eigenvalue weighted by molar-refractivity contribution is 5.66. The van der Waals surface area contributed by atoms with Gasteiger partial charge in [0, 0.05) is 0 Å². The van der Waals surface area contributed by atoms with Crippen molar-refractivity contribution in [3.05, 3.63) is 6.92 Å². The molecule has 42 valence electrons. The van der Waals surface area contributed by atoms with E-state index in [0.717, 1.165) is 0 Å². The summed E-state index contributed by atoms with van der Waals surface area (Å²) in [4.78, 5) is 9.79. The highest BCUT2D eigenvalue weighted by Gasteiger charge is 1.94. The first-order valence-electron chi connectivity index (χ1n) is 2.24. The van der Waals surface area contributed by atoms with Crippen molar-refractivity contribution < 1.29 is 9.90 Å². The molecule has 0 amide bonds. The second kappa shape index (κ2) is 4.07. The van der Waals surface area contributed by atoms with Crippen LogP contribution < -0.4 is 0 Å². The molecule has 0 saturated heterocycles. The van der Waals surface area contributed by atoms with Gasteiger partial charge in [-0.05, 0) is 0 Å². The largest absolute Gasteiger partial charge is 0.481 e. The summed E-state index contributed by atoms with van der Waals surface area (Å²) in [6, 6.07) is 0. The second-order valence-corrected chi connectivity index (χ2v) is 1.25. The number of hydrogen-bond acceptors (Lipinski definition) is 1. The van der Waals surface area contributed by atoms with Crippen molar-refractivity contribution in [2.24, 2.45) is 0 Å². The number of hydrogen-bond donors (Lipinski definition) is 1. The fraction of sp³-hybridized carbons (Fsp3) is 0.333. The van der Waals surface area contributed by atoms with Crippen LogP contribution in [0.5, 0.6) is 0 Å². The number of aliphatic carboxylic acids is 1. The summed E-state index contributed by atoms with van der Waals surface area (Å²) in [5, 5.41) is 8.05. The first-order chi connectivity index (χ1) is 3.77. The molecule has 0 bridgehead atoms. The molecule has 0 saturated carbocycles. The van der Waals surface area contributed by atoms with Gasteiger partial charge in [0.05, 0.1) is 13.3 Å². The summed E-state index contributed by atoms with van der Waals surface area (Å²) >= 11 is 0. The van der Waals surface area contributed by atoms with Gasteiger partial charge in [0.15, 0.2) is 0 Å². The Hall–Kier alpha value is -1.10. The molecule has 0 aromatic heterocycles. The molecule has 0 unspecified atom stereocenters. The van der Waals surface area contributed by atoms with Crippen molar-refractivity contribution >= 4 is 5.97 Å². The van der Waals surface area contributed by atoms with Gasteiger partial charge in [-0.25, -0.2) is 0 Å². The fourth-order valence-corrected chi connectivity index (χ4v) is 0.258. The van der Waals surface area contributed by atoms with Crippen LogP contribution in [0.2, 0.25) is 0 Å². The molecule has 0 aromatic rings. The third kappa shape index (κ3) is 4.90.